The molecule has 0 unspecified atom stereocenters. The van der Waals surface area contributed by atoms with Crippen LogP contribution in [-0.4, -0.2) is 40.0 Å². The van der Waals surface area contributed by atoms with Gasteiger partial charge in [-0.2, -0.15) is 0 Å². The number of aryl methyl sites for hydroxylation is 1. The number of urea groups is 1. The van der Waals surface area contributed by atoms with Crippen LogP contribution in [0, 0.1) is 0 Å². The van der Waals surface area contributed by atoms with Gasteiger partial charge in [0.15, 0.2) is 0 Å². The summed E-state index contributed by atoms with van der Waals surface area (Å²) in [6.45, 7) is 4.91. The minimum absolute atomic E-state index is 0.200. The smallest absolute Gasteiger partial charge is 0.323 e. The summed E-state index contributed by atoms with van der Waals surface area (Å²) in [5.74, 6) is 1.85. The van der Waals surface area contributed by atoms with Gasteiger partial charge in [0.25, 0.3) is 0 Å². The number of methoxy groups -OCH3 is 1. The number of fused-ring (bicyclic) bond motifs is 1. The van der Waals surface area contributed by atoms with Crippen molar-refractivity contribution in [2.75, 3.05) is 19.0 Å². The van der Waals surface area contributed by atoms with Gasteiger partial charge in [0.05, 0.1) is 20.2 Å². The number of para-hydroxylation sites is 1. The van der Waals surface area contributed by atoms with Gasteiger partial charge in [-0.1, -0.05) is 18.2 Å². The first-order chi connectivity index (χ1) is 11.4. The summed E-state index contributed by atoms with van der Waals surface area (Å²) < 4.78 is 12.7. The molecule has 0 bridgehead atoms. The maximum Gasteiger partial charge on any atom is 0.323 e. The quantitative estimate of drug-likeness (QED) is 0.919. The number of amides is 2. The van der Waals surface area contributed by atoms with Crippen molar-refractivity contribution < 1.29 is 14.3 Å². The van der Waals surface area contributed by atoms with E-state index >= 15 is 0 Å². The zero-order valence-corrected chi connectivity index (χ0v) is 14.4. The number of aromatic nitrogens is 2. The molecular formula is C17H22N4O3. The standard InChI is InChI=1S/C17H22N4O3/c1-17(2)11-21(10-12-7-5-6-8-13(12)24-17)16(22)18-14-9-15(23-4)19-20(14)3/h5-9H,10-11H2,1-4H3,(H,18,22). The lowest BCUT2D eigenvalue weighted by atomic mass is 10.1. The molecule has 0 saturated carbocycles. The van der Waals surface area contributed by atoms with Crippen LogP contribution in [0.5, 0.6) is 11.6 Å². The van der Waals surface area contributed by atoms with Crippen LogP contribution in [0.25, 0.3) is 0 Å². The van der Waals surface area contributed by atoms with Crippen molar-refractivity contribution in [3.8, 4) is 11.6 Å². The maximum absolute atomic E-state index is 12.7. The number of nitrogens with one attached hydrogen (secondary N) is 1. The van der Waals surface area contributed by atoms with Gasteiger partial charge >= 0.3 is 6.03 Å². The van der Waals surface area contributed by atoms with E-state index in [9.17, 15) is 4.79 Å². The number of carbonyl (C=O) groups is 1. The first-order valence-electron chi connectivity index (χ1n) is 7.79. The topological polar surface area (TPSA) is 68.6 Å². The number of nitrogens with zero attached hydrogens (tertiary/aromatic N) is 3. The average Bonchev–Trinajstić information content (AvgIpc) is 2.80. The van der Waals surface area contributed by atoms with E-state index in [4.69, 9.17) is 9.47 Å². The Bertz CT molecular complexity index is 754. The first-order valence-corrected chi connectivity index (χ1v) is 7.79. The second-order valence-corrected chi connectivity index (χ2v) is 6.45. The molecule has 1 aliphatic heterocycles. The van der Waals surface area contributed by atoms with Gasteiger partial charge in [0.2, 0.25) is 5.88 Å². The molecule has 3 rings (SSSR count). The Labute approximate surface area is 141 Å². The zero-order valence-electron chi connectivity index (χ0n) is 14.4. The molecule has 7 heteroatoms. The highest BCUT2D eigenvalue weighted by Gasteiger charge is 2.31. The van der Waals surface area contributed by atoms with E-state index < -0.39 is 5.60 Å². The predicted molar refractivity (Wildman–Crippen MR) is 90.3 cm³/mol. The second kappa shape index (κ2) is 6.07. The maximum atomic E-state index is 12.7. The third-order valence-corrected chi connectivity index (χ3v) is 3.88. The highest BCUT2D eigenvalue weighted by atomic mass is 16.5. The molecule has 1 aliphatic rings. The summed E-state index contributed by atoms with van der Waals surface area (Å²) in [5, 5.41) is 7.03. The Morgan fingerprint density at radius 3 is 2.83 bits per heavy atom. The molecule has 0 saturated heterocycles. The molecule has 0 fully saturated rings. The molecule has 0 radical (unpaired) electrons. The molecule has 2 heterocycles. The van der Waals surface area contributed by atoms with E-state index in [2.05, 4.69) is 10.4 Å². The van der Waals surface area contributed by atoms with Crippen molar-refractivity contribution in [3.63, 3.8) is 0 Å². The molecule has 2 amide bonds. The monoisotopic (exact) mass is 330 g/mol. The van der Waals surface area contributed by atoms with Crippen molar-refractivity contribution in [2.45, 2.75) is 26.0 Å². The van der Waals surface area contributed by atoms with Gasteiger partial charge in [-0.05, 0) is 19.9 Å². The molecule has 2 aromatic rings. The molecule has 1 N–H and O–H groups in total. The van der Waals surface area contributed by atoms with Crippen molar-refractivity contribution >= 4 is 11.8 Å². The average molecular weight is 330 g/mol. The highest BCUT2D eigenvalue weighted by Crippen LogP contribution is 2.29. The number of rotatable bonds is 2. The summed E-state index contributed by atoms with van der Waals surface area (Å²) in [5.41, 5.74) is 0.509. The van der Waals surface area contributed by atoms with E-state index in [0.717, 1.165) is 11.3 Å². The molecule has 1 aromatic heterocycles. The fourth-order valence-corrected chi connectivity index (χ4v) is 2.78. The van der Waals surface area contributed by atoms with Crippen LogP contribution in [0.3, 0.4) is 0 Å². The van der Waals surface area contributed by atoms with Crippen molar-refractivity contribution in [1.29, 1.82) is 0 Å². The van der Waals surface area contributed by atoms with Crippen LogP contribution in [0.15, 0.2) is 30.3 Å². The van der Waals surface area contributed by atoms with E-state index in [1.807, 2.05) is 38.1 Å². The van der Waals surface area contributed by atoms with Crippen LogP contribution < -0.4 is 14.8 Å². The largest absolute Gasteiger partial charge is 0.486 e. The lowest BCUT2D eigenvalue weighted by Crippen LogP contribution is -2.45. The molecule has 0 spiro atoms. The summed E-state index contributed by atoms with van der Waals surface area (Å²) in [6, 6.07) is 9.28. The number of hydrogen-bond acceptors (Lipinski definition) is 4. The van der Waals surface area contributed by atoms with Gasteiger partial charge in [-0.25, -0.2) is 9.48 Å². The van der Waals surface area contributed by atoms with Gasteiger partial charge in [0, 0.05) is 18.7 Å². The summed E-state index contributed by atoms with van der Waals surface area (Å²) >= 11 is 0. The van der Waals surface area contributed by atoms with E-state index in [-0.39, 0.29) is 6.03 Å². The molecule has 7 nitrogen and oxygen atoms in total. The molecule has 24 heavy (non-hydrogen) atoms. The third-order valence-electron chi connectivity index (χ3n) is 3.88. The Kier molecular flexibility index (Phi) is 4.09. The number of anilines is 1. The zero-order chi connectivity index (χ0) is 17.3. The lowest BCUT2D eigenvalue weighted by Gasteiger charge is -2.29. The van der Waals surface area contributed by atoms with Crippen LogP contribution in [-0.2, 0) is 13.6 Å². The number of hydrogen-bond donors (Lipinski definition) is 1. The van der Waals surface area contributed by atoms with Crippen molar-refractivity contribution in [3.05, 3.63) is 35.9 Å². The SMILES string of the molecule is COc1cc(NC(=O)N2Cc3ccccc3OC(C)(C)C2)n(C)n1. The highest BCUT2D eigenvalue weighted by molar-refractivity contribution is 5.88. The van der Waals surface area contributed by atoms with Crippen molar-refractivity contribution in [2.24, 2.45) is 7.05 Å². The van der Waals surface area contributed by atoms with Gasteiger partial charge < -0.3 is 14.4 Å². The lowest BCUT2D eigenvalue weighted by molar-refractivity contribution is 0.0834. The van der Waals surface area contributed by atoms with Gasteiger partial charge in [-0.15, -0.1) is 5.10 Å². The van der Waals surface area contributed by atoms with E-state index in [0.29, 0.717) is 24.8 Å². The number of carbonyl (C=O) groups excluding carboxylic acids is 1. The Hall–Kier alpha value is -2.70. The predicted octanol–water partition coefficient (Wildman–Crippen LogP) is 2.63. The minimum Gasteiger partial charge on any atom is -0.486 e. The van der Waals surface area contributed by atoms with Crippen LogP contribution >= 0.6 is 0 Å². The van der Waals surface area contributed by atoms with E-state index in [1.54, 1.807) is 29.8 Å². The van der Waals surface area contributed by atoms with E-state index in [1.165, 1.54) is 0 Å². The van der Waals surface area contributed by atoms with Crippen molar-refractivity contribution in [1.82, 2.24) is 14.7 Å². The van der Waals surface area contributed by atoms with Gasteiger partial charge in [0.1, 0.15) is 17.2 Å². The second-order valence-electron chi connectivity index (χ2n) is 6.45. The fraction of sp³-hybridized carbons (Fsp3) is 0.412. The Morgan fingerprint density at radius 1 is 1.38 bits per heavy atom. The number of benzene rings is 1. The Morgan fingerprint density at radius 2 is 2.12 bits per heavy atom. The number of ether oxygens (including phenoxy) is 2. The third kappa shape index (κ3) is 3.29. The molecule has 0 aliphatic carbocycles. The van der Waals surface area contributed by atoms with Gasteiger partial charge in [-0.3, -0.25) is 5.32 Å². The summed E-state index contributed by atoms with van der Waals surface area (Å²) in [7, 11) is 3.29. The molecule has 0 atom stereocenters. The Balaban J connectivity index is 1.82. The molecule has 128 valence electrons. The summed E-state index contributed by atoms with van der Waals surface area (Å²) in [6.07, 6.45) is 0. The fourth-order valence-electron chi connectivity index (χ4n) is 2.78. The normalized spacial score (nSPS) is 15.9. The molecule has 1 aromatic carbocycles. The molecular weight excluding hydrogens is 308 g/mol. The van der Waals surface area contributed by atoms with Crippen LogP contribution in [0.1, 0.15) is 19.4 Å². The first kappa shape index (κ1) is 16.2. The van der Waals surface area contributed by atoms with Crippen LogP contribution in [0.4, 0.5) is 10.6 Å². The summed E-state index contributed by atoms with van der Waals surface area (Å²) in [4.78, 5) is 14.5. The van der Waals surface area contributed by atoms with Crippen LogP contribution in [0.2, 0.25) is 0 Å². The minimum atomic E-state index is -0.478.